The summed E-state index contributed by atoms with van der Waals surface area (Å²) >= 11 is 0. The van der Waals surface area contributed by atoms with Crippen molar-refractivity contribution in [2.24, 2.45) is 11.8 Å². The second-order valence-corrected chi connectivity index (χ2v) is 16.9. The van der Waals surface area contributed by atoms with Gasteiger partial charge >= 0.3 is 0 Å². The molecule has 0 radical (unpaired) electrons. The molecular formula is C57H43N. The van der Waals surface area contributed by atoms with Gasteiger partial charge in [-0.25, -0.2) is 0 Å². The predicted octanol–water partition coefficient (Wildman–Crippen LogP) is 15.6. The molecule has 2 bridgehead atoms. The van der Waals surface area contributed by atoms with Gasteiger partial charge in [0, 0.05) is 22.5 Å². The van der Waals surface area contributed by atoms with Crippen LogP contribution < -0.4 is 4.90 Å². The van der Waals surface area contributed by atoms with Crippen molar-refractivity contribution in [3.63, 3.8) is 0 Å². The molecule has 0 aromatic heterocycles. The van der Waals surface area contributed by atoms with Gasteiger partial charge in [0.1, 0.15) is 0 Å². The first-order chi connectivity index (χ1) is 28.7. The summed E-state index contributed by atoms with van der Waals surface area (Å²) in [6.07, 6.45) is 5.45. The van der Waals surface area contributed by atoms with E-state index < -0.39 is 0 Å². The summed E-state index contributed by atoms with van der Waals surface area (Å²) in [7, 11) is 0. The molecule has 1 heteroatoms. The van der Waals surface area contributed by atoms with Crippen LogP contribution in [0.2, 0.25) is 0 Å². The molecule has 0 aliphatic heterocycles. The summed E-state index contributed by atoms with van der Waals surface area (Å²) < 4.78 is 0. The van der Waals surface area contributed by atoms with E-state index in [1.165, 1.54) is 91.7 Å². The molecule has 3 unspecified atom stereocenters. The van der Waals surface area contributed by atoms with E-state index in [0.717, 1.165) is 28.9 Å². The molecule has 1 spiro atoms. The fourth-order valence-electron chi connectivity index (χ4n) is 11.2. The van der Waals surface area contributed by atoms with Crippen LogP contribution in [0, 0.1) is 11.8 Å². The zero-order valence-corrected chi connectivity index (χ0v) is 32.5. The van der Waals surface area contributed by atoms with Gasteiger partial charge in [0.05, 0.1) is 0 Å². The lowest BCUT2D eigenvalue weighted by molar-refractivity contribution is 0.327. The Labute approximate surface area is 340 Å². The molecule has 3 atom stereocenters. The van der Waals surface area contributed by atoms with E-state index in [9.17, 15) is 0 Å². The topological polar surface area (TPSA) is 3.24 Å². The number of hydrogen-bond donors (Lipinski definition) is 0. The van der Waals surface area contributed by atoms with Crippen molar-refractivity contribution in [2.75, 3.05) is 4.90 Å². The fourth-order valence-corrected chi connectivity index (χ4v) is 11.2. The maximum atomic E-state index is 2.55. The number of fused-ring (bicyclic) bond motifs is 11. The number of rotatable bonds is 6. The van der Waals surface area contributed by atoms with Gasteiger partial charge < -0.3 is 4.90 Å². The van der Waals surface area contributed by atoms with Crippen molar-refractivity contribution in [3.05, 3.63) is 211 Å². The smallest absolute Gasteiger partial charge is 0.0462 e. The number of benzene rings is 9. The van der Waals surface area contributed by atoms with Crippen LogP contribution >= 0.6 is 0 Å². The standard InChI is InChI=1S/C57H43N/c1-2-8-39(9-3-1)40-17-26-48(27-18-40)58(49-28-19-41(20-29-49)44-23-32-52-46(35-44)16-15-43-10-4-5-11-51(43)52)50-30-21-42(22-31-50)45-24-33-54-53-12-6-7-13-55(53)57(56(54)36-45)37-38-14-25-47(57)34-38/h1-13,15-24,26-33,35-36,38,47H,14,25,34,37H2. The van der Waals surface area contributed by atoms with E-state index in [0.29, 0.717) is 0 Å². The summed E-state index contributed by atoms with van der Waals surface area (Å²) in [4.78, 5) is 2.39. The highest BCUT2D eigenvalue weighted by Gasteiger charge is 2.56. The normalized spacial score (nSPS) is 18.8. The second kappa shape index (κ2) is 13.2. The second-order valence-electron chi connectivity index (χ2n) is 16.9. The summed E-state index contributed by atoms with van der Waals surface area (Å²) in [6, 6.07) is 74.6. The molecule has 12 rings (SSSR count). The van der Waals surface area contributed by atoms with Crippen molar-refractivity contribution < 1.29 is 0 Å². The van der Waals surface area contributed by atoms with E-state index in [-0.39, 0.29) is 5.41 Å². The Morgan fingerprint density at radius 3 is 1.60 bits per heavy atom. The fraction of sp³-hybridized carbons (Fsp3) is 0.123. The van der Waals surface area contributed by atoms with Crippen molar-refractivity contribution in [1.29, 1.82) is 0 Å². The van der Waals surface area contributed by atoms with Crippen LogP contribution in [0.3, 0.4) is 0 Å². The third kappa shape index (κ3) is 5.23. The average Bonchev–Trinajstić information content (AvgIpc) is 4.00. The molecule has 3 aliphatic rings. The van der Waals surface area contributed by atoms with Gasteiger partial charge in [-0.2, -0.15) is 0 Å². The molecule has 58 heavy (non-hydrogen) atoms. The Balaban J connectivity index is 0.906. The number of nitrogens with zero attached hydrogens (tertiary/aromatic N) is 1. The van der Waals surface area contributed by atoms with Gasteiger partial charge in [0.25, 0.3) is 0 Å². The molecule has 1 nitrogen and oxygen atoms in total. The first kappa shape index (κ1) is 33.4. The zero-order chi connectivity index (χ0) is 38.2. The molecule has 0 amide bonds. The largest absolute Gasteiger partial charge is 0.311 e. The Morgan fingerprint density at radius 1 is 0.379 bits per heavy atom. The van der Waals surface area contributed by atoms with Crippen LogP contribution in [0.25, 0.3) is 66.1 Å². The van der Waals surface area contributed by atoms with Crippen molar-refractivity contribution >= 4 is 38.6 Å². The molecule has 3 aliphatic carbocycles. The van der Waals surface area contributed by atoms with Gasteiger partial charge in [-0.1, -0.05) is 158 Å². The molecule has 0 saturated heterocycles. The summed E-state index contributed by atoms with van der Waals surface area (Å²) in [6.45, 7) is 0. The zero-order valence-electron chi connectivity index (χ0n) is 32.5. The molecule has 2 saturated carbocycles. The van der Waals surface area contributed by atoms with Crippen LogP contribution in [-0.2, 0) is 5.41 Å². The van der Waals surface area contributed by atoms with Gasteiger partial charge in [0.15, 0.2) is 0 Å². The van der Waals surface area contributed by atoms with E-state index in [1.807, 2.05) is 0 Å². The molecule has 9 aromatic rings. The minimum atomic E-state index is 0.181. The molecule has 2 fully saturated rings. The van der Waals surface area contributed by atoms with E-state index in [2.05, 4.69) is 205 Å². The highest BCUT2D eigenvalue weighted by atomic mass is 15.1. The summed E-state index contributed by atoms with van der Waals surface area (Å²) in [5.41, 5.74) is 17.1. The maximum absolute atomic E-state index is 2.55. The Hall–Kier alpha value is -6.70. The number of hydrogen-bond acceptors (Lipinski definition) is 1. The van der Waals surface area contributed by atoms with Crippen molar-refractivity contribution in [2.45, 2.75) is 31.1 Å². The summed E-state index contributed by atoms with van der Waals surface area (Å²) in [5, 5.41) is 5.13. The minimum absolute atomic E-state index is 0.181. The molecule has 9 aromatic carbocycles. The highest BCUT2D eigenvalue weighted by molar-refractivity contribution is 6.08. The summed E-state index contributed by atoms with van der Waals surface area (Å²) in [5.74, 6) is 1.62. The maximum Gasteiger partial charge on any atom is 0.0462 e. The van der Waals surface area contributed by atoms with Crippen LogP contribution in [0.1, 0.15) is 36.8 Å². The number of anilines is 3. The first-order valence-electron chi connectivity index (χ1n) is 21.0. The monoisotopic (exact) mass is 741 g/mol. The van der Waals surface area contributed by atoms with E-state index in [4.69, 9.17) is 0 Å². The van der Waals surface area contributed by atoms with Crippen molar-refractivity contribution in [3.8, 4) is 44.5 Å². The lowest BCUT2D eigenvalue weighted by Crippen LogP contribution is -2.31. The minimum Gasteiger partial charge on any atom is -0.311 e. The van der Waals surface area contributed by atoms with E-state index >= 15 is 0 Å². The van der Waals surface area contributed by atoms with Crippen LogP contribution in [0.15, 0.2) is 200 Å². The van der Waals surface area contributed by atoms with Crippen molar-refractivity contribution in [1.82, 2.24) is 0 Å². The average molecular weight is 742 g/mol. The van der Waals surface area contributed by atoms with Gasteiger partial charge in [0.2, 0.25) is 0 Å². The predicted molar refractivity (Wildman–Crippen MR) is 244 cm³/mol. The molecule has 276 valence electrons. The van der Waals surface area contributed by atoms with Crippen LogP contribution in [-0.4, -0.2) is 0 Å². The lowest BCUT2D eigenvalue weighted by Gasteiger charge is -2.36. The van der Waals surface area contributed by atoms with Crippen LogP contribution in [0.5, 0.6) is 0 Å². The SMILES string of the molecule is c1ccc(-c2ccc(N(c3ccc(-c4ccc5c(c4)C4(CC6CCC4C6)c4ccccc4-5)cc3)c3ccc(-c4ccc5c(ccc6ccccc65)c4)cc3)cc2)cc1. The third-order valence-electron chi connectivity index (χ3n) is 13.9. The van der Waals surface area contributed by atoms with E-state index in [1.54, 1.807) is 11.1 Å². The quantitative estimate of drug-likeness (QED) is 0.153. The lowest BCUT2D eigenvalue weighted by atomic mass is 9.66. The molecule has 0 N–H and O–H groups in total. The third-order valence-corrected chi connectivity index (χ3v) is 13.9. The Kier molecular flexibility index (Phi) is 7.60. The first-order valence-corrected chi connectivity index (χ1v) is 21.0. The highest BCUT2D eigenvalue weighted by Crippen LogP contribution is 2.65. The molecular weight excluding hydrogens is 699 g/mol. The Bertz CT molecular complexity index is 3000. The van der Waals surface area contributed by atoms with Gasteiger partial charge in [-0.15, -0.1) is 0 Å². The Morgan fingerprint density at radius 2 is 0.914 bits per heavy atom. The van der Waals surface area contributed by atoms with Gasteiger partial charge in [-0.05, 0) is 157 Å². The van der Waals surface area contributed by atoms with Gasteiger partial charge in [-0.3, -0.25) is 0 Å². The van der Waals surface area contributed by atoms with Crippen LogP contribution in [0.4, 0.5) is 17.1 Å². The molecule has 0 heterocycles.